The molecule has 1 aromatic heterocycles. The van der Waals surface area contributed by atoms with Crippen molar-refractivity contribution < 1.29 is 0 Å². The Balaban J connectivity index is 3.15. The van der Waals surface area contributed by atoms with Crippen LogP contribution in [0, 0.1) is 8.98 Å². The van der Waals surface area contributed by atoms with Crippen molar-refractivity contribution >= 4 is 28.4 Å². The first kappa shape index (κ1) is 7.59. The van der Waals surface area contributed by atoms with Gasteiger partial charge in [0.15, 0.2) is 0 Å². The van der Waals surface area contributed by atoms with Crippen LogP contribution in [-0.2, 0) is 7.05 Å². The lowest BCUT2D eigenvalue weighted by Gasteiger charge is -1.96. The van der Waals surface area contributed by atoms with Crippen molar-refractivity contribution in [3.05, 3.63) is 21.5 Å². The zero-order valence-electron chi connectivity index (χ0n) is 5.56. The summed E-state index contributed by atoms with van der Waals surface area (Å²) in [6, 6.07) is 1.88. The number of hydrogen-bond acceptors (Lipinski definition) is 1. The third-order valence-electron chi connectivity index (χ3n) is 1.25. The molecule has 3 N–H and O–H groups in total. The second-order valence-electron chi connectivity index (χ2n) is 2.07. The highest BCUT2D eigenvalue weighted by Gasteiger charge is 2.01. The molecule has 0 atom stereocenters. The molecule has 3 nitrogen and oxygen atoms in total. The van der Waals surface area contributed by atoms with Crippen molar-refractivity contribution in [1.82, 2.24) is 4.57 Å². The Morgan fingerprint density at radius 3 is 2.60 bits per heavy atom. The fourth-order valence-electron chi connectivity index (χ4n) is 0.792. The van der Waals surface area contributed by atoms with Crippen molar-refractivity contribution in [3.63, 3.8) is 0 Å². The summed E-state index contributed by atoms with van der Waals surface area (Å²) in [4.78, 5) is 0. The maximum absolute atomic E-state index is 7.14. The van der Waals surface area contributed by atoms with E-state index in [0.29, 0.717) is 0 Å². The van der Waals surface area contributed by atoms with Crippen LogP contribution in [0.2, 0.25) is 0 Å². The van der Waals surface area contributed by atoms with Crippen LogP contribution in [-0.4, -0.2) is 10.4 Å². The SMILES string of the molecule is Cn1cc(I)cc1C(=N)N. The van der Waals surface area contributed by atoms with Crippen LogP contribution in [0.5, 0.6) is 0 Å². The van der Waals surface area contributed by atoms with Gasteiger partial charge in [-0.3, -0.25) is 5.41 Å². The van der Waals surface area contributed by atoms with Gasteiger partial charge in [0.25, 0.3) is 0 Å². The largest absolute Gasteiger partial charge is 0.382 e. The van der Waals surface area contributed by atoms with E-state index in [1.165, 1.54) is 0 Å². The third-order valence-corrected chi connectivity index (χ3v) is 1.84. The minimum Gasteiger partial charge on any atom is -0.382 e. The summed E-state index contributed by atoms with van der Waals surface area (Å²) < 4.78 is 2.94. The monoisotopic (exact) mass is 249 g/mol. The van der Waals surface area contributed by atoms with Gasteiger partial charge in [0.05, 0.1) is 5.69 Å². The zero-order valence-corrected chi connectivity index (χ0v) is 7.71. The molecule has 1 heterocycles. The first-order valence-corrected chi connectivity index (χ1v) is 3.85. The molecule has 0 bridgehead atoms. The summed E-state index contributed by atoms with van der Waals surface area (Å²) in [6.07, 6.45) is 1.93. The molecule has 0 saturated heterocycles. The number of nitrogens with one attached hydrogen (secondary N) is 1. The van der Waals surface area contributed by atoms with Gasteiger partial charge in [0.1, 0.15) is 5.84 Å². The maximum Gasteiger partial charge on any atom is 0.139 e. The van der Waals surface area contributed by atoms with Gasteiger partial charge in [0, 0.05) is 16.8 Å². The van der Waals surface area contributed by atoms with Crippen molar-refractivity contribution in [1.29, 1.82) is 5.41 Å². The van der Waals surface area contributed by atoms with E-state index in [0.717, 1.165) is 9.26 Å². The molecule has 0 aliphatic carbocycles. The van der Waals surface area contributed by atoms with Crippen molar-refractivity contribution in [2.45, 2.75) is 0 Å². The second kappa shape index (κ2) is 2.61. The molecule has 0 spiro atoms. The number of aryl methyl sites for hydroxylation is 1. The van der Waals surface area contributed by atoms with E-state index < -0.39 is 0 Å². The summed E-state index contributed by atoms with van der Waals surface area (Å²) in [5.74, 6) is 0.116. The van der Waals surface area contributed by atoms with E-state index in [4.69, 9.17) is 11.1 Å². The minimum absolute atomic E-state index is 0.116. The molecule has 0 amide bonds. The quantitative estimate of drug-likeness (QED) is 0.434. The number of rotatable bonds is 1. The smallest absolute Gasteiger partial charge is 0.139 e. The third kappa shape index (κ3) is 1.31. The van der Waals surface area contributed by atoms with Crippen LogP contribution in [0.3, 0.4) is 0 Å². The number of aromatic nitrogens is 1. The molecule has 0 aliphatic rings. The molecular weight excluding hydrogens is 241 g/mol. The van der Waals surface area contributed by atoms with Gasteiger partial charge in [-0.05, 0) is 28.7 Å². The summed E-state index contributed by atoms with van der Waals surface area (Å²) in [5, 5.41) is 7.14. The molecule has 4 heteroatoms. The number of hydrogen-bond donors (Lipinski definition) is 2. The van der Waals surface area contributed by atoms with E-state index in [9.17, 15) is 0 Å². The van der Waals surface area contributed by atoms with Crippen LogP contribution >= 0.6 is 22.6 Å². The van der Waals surface area contributed by atoms with Gasteiger partial charge in [-0.25, -0.2) is 0 Å². The number of halogens is 1. The van der Waals surface area contributed by atoms with Crippen LogP contribution in [0.25, 0.3) is 0 Å². The predicted molar refractivity (Wildman–Crippen MR) is 49.1 cm³/mol. The highest BCUT2D eigenvalue weighted by atomic mass is 127. The number of amidine groups is 1. The minimum atomic E-state index is 0.116. The van der Waals surface area contributed by atoms with E-state index in [1.807, 2.05) is 23.9 Å². The summed E-state index contributed by atoms with van der Waals surface area (Å²) in [7, 11) is 1.87. The Morgan fingerprint density at radius 1 is 1.80 bits per heavy atom. The molecule has 54 valence electrons. The number of nitrogen functional groups attached to an aromatic ring is 1. The van der Waals surface area contributed by atoms with Gasteiger partial charge in [-0.1, -0.05) is 0 Å². The Kier molecular flexibility index (Phi) is 1.98. The average Bonchev–Trinajstić information content (AvgIpc) is 2.10. The summed E-state index contributed by atoms with van der Waals surface area (Å²) in [6.45, 7) is 0. The normalized spacial score (nSPS) is 9.80. The first-order valence-electron chi connectivity index (χ1n) is 2.77. The molecular formula is C6H8IN3. The second-order valence-corrected chi connectivity index (χ2v) is 3.31. The molecule has 0 aromatic carbocycles. The summed E-state index contributed by atoms with van der Waals surface area (Å²) in [5.41, 5.74) is 6.06. The van der Waals surface area contributed by atoms with Gasteiger partial charge in [-0.2, -0.15) is 0 Å². The van der Waals surface area contributed by atoms with Crippen molar-refractivity contribution in [3.8, 4) is 0 Å². The van der Waals surface area contributed by atoms with E-state index >= 15 is 0 Å². The van der Waals surface area contributed by atoms with E-state index in [-0.39, 0.29) is 5.84 Å². The molecule has 1 aromatic rings. The standard InChI is InChI=1S/C6H8IN3/c1-10-3-4(7)2-5(10)6(8)9/h2-3H,1H3,(H3,8,9). The van der Waals surface area contributed by atoms with Crippen LogP contribution < -0.4 is 5.73 Å². The fraction of sp³-hybridized carbons (Fsp3) is 0.167. The zero-order chi connectivity index (χ0) is 7.72. The van der Waals surface area contributed by atoms with Crippen molar-refractivity contribution in [2.75, 3.05) is 0 Å². The highest BCUT2D eigenvalue weighted by Crippen LogP contribution is 2.08. The number of nitrogens with zero attached hydrogens (tertiary/aromatic N) is 1. The van der Waals surface area contributed by atoms with Crippen LogP contribution in [0.15, 0.2) is 12.3 Å². The maximum atomic E-state index is 7.14. The lowest BCUT2D eigenvalue weighted by atomic mass is 10.4. The first-order chi connectivity index (χ1) is 4.61. The number of nitrogens with two attached hydrogens (primary N) is 1. The predicted octanol–water partition coefficient (Wildman–Crippen LogP) is 0.914. The summed E-state index contributed by atoms with van der Waals surface area (Å²) >= 11 is 2.19. The lowest BCUT2D eigenvalue weighted by Crippen LogP contribution is -2.14. The van der Waals surface area contributed by atoms with Crippen LogP contribution in [0.4, 0.5) is 0 Å². The Bertz CT molecular complexity index is 264. The molecule has 0 aliphatic heterocycles. The molecule has 0 radical (unpaired) electrons. The van der Waals surface area contributed by atoms with Gasteiger partial charge in [0.2, 0.25) is 0 Å². The highest BCUT2D eigenvalue weighted by molar-refractivity contribution is 14.1. The Morgan fingerprint density at radius 2 is 2.40 bits per heavy atom. The average molecular weight is 249 g/mol. The molecule has 0 unspecified atom stereocenters. The molecule has 0 saturated carbocycles. The topological polar surface area (TPSA) is 54.8 Å². The van der Waals surface area contributed by atoms with E-state index in [1.54, 1.807) is 0 Å². The van der Waals surface area contributed by atoms with Crippen molar-refractivity contribution in [2.24, 2.45) is 12.8 Å². The molecule has 0 fully saturated rings. The van der Waals surface area contributed by atoms with Crippen LogP contribution in [0.1, 0.15) is 5.69 Å². The van der Waals surface area contributed by atoms with Gasteiger partial charge >= 0.3 is 0 Å². The lowest BCUT2D eigenvalue weighted by molar-refractivity contribution is 0.909. The van der Waals surface area contributed by atoms with Gasteiger partial charge < -0.3 is 10.3 Å². The van der Waals surface area contributed by atoms with E-state index in [2.05, 4.69) is 22.6 Å². The molecule has 10 heavy (non-hydrogen) atoms. The Hall–Kier alpha value is -0.520. The molecule has 1 rings (SSSR count). The fourth-order valence-corrected chi connectivity index (χ4v) is 1.50. The Labute approximate surface area is 72.9 Å². The van der Waals surface area contributed by atoms with Gasteiger partial charge in [-0.15, -0.1) is 0 Å².